The monoisotopic (exact) mass is 353 g/mol. The summed E-state index contributed by atoms with van der Waals surface area (Å²) in [5.41, 5.74) is 2.54. The van der Waals surface area contributed by atoms with Gasteiger partial charge in [0.15, 0.2) is 17.3 Å². The summed E-state index contributed by atoms with van der Waals surface area (Å²) in [4.78, 5) is 14.6. The highest BCUT2D eigenvalue weighted by atomic mass is 16.5. The van der Waals surface area contributed by atoms with E-state index in [2.05, 4.69) is 4.90 Å². The Hall–Kier alpha value is -2.79. The van der Waals surface area contributed by atoms with Crippen molar-refractivity contribution in [1.29, 1.82) is 0 Å². The number of hydrogen-bond acceptors (Lipinski definition) is 5. The number of phenols is 1. The van der Waals surface area contributed by atoms with Gasteiger partial charge in [0.1, 0.15) is 0 Å². The predicted molar refractivity (Wildman–Crippen MR) is 102 cm³/mol. The summed E-state index contributed by atoms with van der Waals surface area (Å²) < 4.78 is 10.7. The predicted octanol–water partition coefficient (Wildman–Crippen LogP) is 3.52. The molecule has 1 N–H and O–H groups in total. The van der Waals surface area contributed by atoms with E-state index in [1.807, 2.05) is 31.2 Å². The first-order chi connectivity index (χ1) is 12.7. The third-order valence-electron chi connectivity index (χ3n) is 4.24. The minimum Gasteiger partial charge on any atom is -0.504 e. The maximum atomic E-state index is 12.4. The number of carbonyl (C=O) groups excluding carboxylic acids is 1. The van der Waals surface area contributed by atoms with Crippen LogP contribution in [0.1, 0.15) is 22.8 Å². The summed E-state index contributed by atoms with van der Waals surface area (Å²) >= 11 is 0. The normalized spacial score (nSPS) is 14.6. The van der Waals surface area contributed by atoms with E-state index in [0.717, 1.165) is 37.6 Å². The third kappa shape index (κ3) is 4.43. The Morgan fingerprint density at radius 3 is 2.62 bits per heavy atom. The quantitative estimate of drug-likeness (QED) is 0.636. The zero-order valence-corrected chi connectivity index (χ0v) is 14.9. The summed E-state index contributed by atoms with van der Waals surface area (Å²) in [5.74, 6) is 0.440. The first-order valence-corrected chi connectivity index (χ1v) is 8.78. The van der Waals surface area contributed by atoms with Crippen LogP contribution in [0.5, 0.6) is 11.5 Å². The van der Waals surface area contributed by atoms with E-state index in [-0.39, 0.29) is 11.5 Å². The minimum absolute atomic E-state index is 0.0652. The minimum atomic E-state index is -0.0652. The van der Waals surface area contributed by atoms with Gasteiger partial charge in [0.25, 0.3) is 0 Å². The lowest BCUT2D eigenvalue weighted by Gasteiger charge is -2.28. The molecule has 0 atom stereocenters. The van der Waals surface area contributed by atoms with Crippen LogP contribution >= 0.6 is 0 Å². The largest absolute Gasteiger partial charge is 0.504 e. The van der Waals surface area contributed by atoms with Crippen molar-refractivity contribution in [3.63, 3.8) is 0 Å². The van der Waals surface area contributed by atoms with Crippen molar-refractivity contribution >= 4 is 17.5 Å². The molecular weight excluding hydrogens is 330 g/mol. The molecule has 3 rings (SSSR count). The van der Waals surface area contributed by atoms with E-state index in [1.54, 1.807) is 24.3 Å². The zero-order chi connectivity index (χ0) is 18.4. The van der Waals surface area contributed by atoms with Crippen molar-refractivity contribution in [2.45, 2.75) is 6.92 Å². The number of nitrogens with zero attached hydrogens (tertiary/aromatic N) is 1. The number of aromatic hydroxyl groups is 1. The number of benzene rings is 2. The van der Waals surface area contributed by atoms with Crippen molar-refractivity contribution in [2.75, 3.05) is 37.8 Å². The average Bonchev–Trinajstić information content (AvgIpc) is 2.69. The number of rotatable bonds is 6. The Balaban J connectivity index is 1.67. The second kappa shape index (κ2) is 8.54. The molecule has 2 aromatic rings. The van der Waals surface area contributed by atoms with Gasteiger partial charge in [-0.2, -0.15) is 0 Å². The number of hydrogen-bond donors (Lipinski definition) is 1. The van der Waals surface area contributed by atoms with Crippen LogP contribution < -0.4 is 9.64 Å². The van der Waals surface area contributed by atoms with Gasteiger partial charge in [-0.25, -0.2) is 0 Å². The van der Waals surface area contributed by atoms with Gasteiger partial charge in [-0.1, -0.05) is 12.1 Å². The molecular formula is C21H23NO4. The van der Waals surface area contributed by atoms with E-state index in [1.165, 1.54) is 6.08 Å². The van der Waals surface area contributed by atoms with Crippen LogP contribution in [0.25, 0.3) is 6.08 Å². The van der Waals surface area contributed by atoms with E-state index in [9.17, 15) is 9.90 Å². The molecule has 0 spiro atoms. The van der Waals surface area contributed by atoms with Crippen molar-refractivity contribution in [3.8, 4) is 11.5 Å². The van der Waals surface area contributed by atoms with Gasteiger partial charge >= 0.3 is 0 Å². The number of allylic oxidation sites excluding steroid dienone is 1. The van der Waals surface area contributed by atoms with Crippen LogP contribution in [0.15, 0.2) is 48.5 Å². The topological polar surface area (TPSA) is 59.0 Å². The second-order valence-corrected chi connectivity index (χ2v) is 6.00. The SMILES string of the molecule is CCOc1cc(C=CC(=O)c2ccc(N3CCOCC3)cc2)ccc1O. The summed E-state index contributed by atoms with van der Waals surface area (Å²) in [7, 11) is 0. The molecule has 5 heteroatoms. The molecule has 0 amide bonds. The van der Waals surface area contributed by atoms with Crippen LogP contribution in [0.4, 0.5) is 5.69 Å². The summed E-state index contributed by atoms with van der Waals surface area (Å²) in [6, 6.07) is 12.7. The zero-order valence-electron chi connectivity index (χ0n) is 14.9. The van der Waals surface area contributed by atoms with Crippen molar-refractivity contribution < 1.29 is 19.4 Å². The maximum absolute atomic E-state index is 12.4. The number of carbonyl (C=O) groups is 1. The van der Waals surface area contributed by atoms with Gasteiger partial charge < -0.3 is 19.5 Å². The number of anilines is 1. The van der Waals surface area contributed by atoms with Gasteiger partial charge in [-0.15, -0.1) is 0 Å². The van der Waals surface area contributed by atoms with E-state index in [0.29, 0.717) is 17.9 Å². The highest BCUT2D eigenvalue weighted by Crippen LogP contribution is 2.27. The molecule has 0 bridgehead atoms. The summed E-state index contributed by atoms with van der Waals surface area (Å²) in [5, 5.41) is 9.73. The third-order valence-corrected chi connectivity index (χ3v) is 4.24. The Kier molecular flexibility index (Phi) is 5.92. The van der Waals surface area contributed by atoms with Crippen LogP contribution in [0.2, 0.25) is 0 Å². The number of morpholine rings is 1. The smallest absolute Gasteiger partial charge is 0.185 e. The Labute approximate surface area is 153 Å². The molecule has 0 radical (unpaired) electrons. The maximum Gasteiger partial charge on any atom is 0.185 e. The standard InChI is InChI=1S/C21H23NO4/c1-2-26-21-15-16(4-10-20(21)24)3-9-19(23)17-5-7-18(8-6-17)22-11-13-25-14-12-22/h3-10,15,24H,2,11-14H2,1H3. The molecule has 1 aliphatic rings. The first kappa shape index (κ1) is 18.0. The van der Waals surface area contributed by atoms with Crippen LogP contribution in [-0.4, -0.2) is 43.8 Å². The molecule has 0 saturated carbocycles. The van der Waals surface area contributed by atoms with Gasteiger partial charge in [0.05, 0.1) is 19.8 Å². The fraction of sp³-hybridized carbons (Fsp3) is 0.286. The van der Waals surface area contributed by atoms with E-state index in [4.69, 9.17) is 9.47 Å². The van der Waals surface area contributed by atoms with Gasteiger partial charge in [-0.05, 0) is 55.0 Å². The fourth-order valence-corrected chi connectivity index (χ4v) is 2.83. The highest BCUT2D eigenvalue weighted by molar-refractivity contribution is 6.07. The van der Waals surface area contributed by atoms with E-state index >= 15 is 0 Å². The molecule has 0 aromatic heterocycles. The van der Waals surface area contributed by atoms with Crippen LogP contribution in [-0.2, 0) is 4.74 Å². The second-order valence-electron chi connectivity index (χ2n) is 6.00. The lowest BCUT2D eigenvalue weighted by atomic mass is 10.1. The van der Waals surface area contributed by atoms with Gasteiger partial charge in [0, 0.05) is 24.3 Å². The van der Waals surface area contributed by atoms with Crippen LogP contribution in [0, 0.1) is 0 Å². The summed E-state index contributed by atoms with van der Waals surface area (Å²) in [6.07, 6.45) is 3.26. The number of ketones is 1. The number of phenolic OH excluding ortho intramolecular Hbond substituents is 1. The Morgan fingerprint density at radius 1 is 1.19 bits per heavy atom. The lowest BCUT2D eigenvalue weighted by molar-refractivity contribution is 0.104. The van der Waals surface area contributed by atoms with Crippen molar-refractivity contribution in [3.05, 3.63) is 59.7 Å². The molecule has 1 heterocycles. The van der Waals surface area contributed by atoms with Gasteiger partial charge in [0.2, 0.25) is 0 Å². The molecule has 136 valence electrons. The molecule has 26 heavy (non-hydrogen) atoms. The van der Waals surface area contributed by atoms with Crippen molar-refractivity contribution in [2.24, 2.45) is 0 Å². The van der Waals surface area contributed by atoms with E-state index < -0.39 is 0 Å². The Morgan fingerprint density at radius 2 is 1.92 bits per heavy atom. The molecule has 5 nitrogen and oxygen atoms in total. The number of ether oxygens (including phenoxy) is 2. The molecule has 0 unspecified atom stereocenters. The molecule has 1 saturated heterocycles. The first-order valence-electron chi connectivity index (χ1n) is 8.78. The Bertz CT molecular complexity index is 777. The molecule has 0 aliphatic carbocycles. The highest BCUT2D eigenvalue weighted by Gasteiger charge is 2.11. The van der Waals surface area contributed by atoms with Crippen molar-refractivity contribution in [1.82, 2.24) is 0 Å². The van der Waals surface area contributed by atoms with Crippen LogP contribution in [0.3, 0.4) is 0 Å². The molecule has 1 fully saturated rings. The summed E-state index contributed by atoms with van der Waals surface area (Å²) in [6.45, 7) is 5.53. The molecule has 1 aliphatic heterocycles. The average molecular weight is 353 g/mol. The fourth-order valence-electron chi connectivity index (χ4n) is 2.83. The molecule has 2 aromatic carbocycles. The van der Waals surface area contributed by atoms with Gasteiger partial charge in [-0.3, -0.25) is 4.79 Å². The lowest BCUT2D eigenvalue weighted by Crippen LogP contribution is -2.36.